The van der Waals surface area contributed by atoms with Crippen LogP contribution in [0.15, 0.2) is 97.1 Å². The Morgan fingerprint density at radius 2 is 1.24 bits per heavy atom. The molecule has 0 saturated carbocycles. The van der Waals surface area contributed by atoms with Gasteiger partial charge in [0.2, 0.25) is 11.8 Å². The summed E-state index contributed by atoms with van der Waals surface area (Å²) in [4.78, 5) is 4.62. The van der Waals surface area contributed by atoms with Crippen LogP contribution in [0.5, 0.6) is 11.8 Å². The van der Waals surface area contributed by atoms with E-state index in [9.17, 15) is 0 Å². The molecule has 0 N–H and O–H groups in total. The van der Waals surface area contributed by atoms with Gasteiger partial charge in [-0.05, 0) is 17.2 Å². The molecule has 4 rings (SSSR count). The van der Waals surface area contributed by atoms with E-state index in [-0.39, 0.29) is 32.7 Å². The normalized spacial score (nSPS) is 10.1. The van der Waals surface area contributed by atoms with Crippen LogP contribution in [0, 0.1) is 6.07 Å². The Labute approximate surface area is 196 Å². The average molecular weight is 455 g/mol. The first kappa shape index (κ1) is 21.2. The number of aromatic nitrogens is 1. The van der Waals surface area contributed by atoms with Crippen LogP contribution in [0.3, 0.4) is 0 Å². The van der Waals surface area contributed by atoms with Gasteiger partial charge in [-0.1, -0.05) is 60.7 Å². The quantitative estimate of drug-likeness (QED) is 0.335. The fourth-order valence-electron chi connectivity index (χ4n) is 2.86. The monoisotopic (exact) mass is 455 g/mol. The molecule has 0 aliphatic heterocycles. The van der Waals surface area contributed by atoms with Crippen LogP contribution in [0.4, 0.5) is 0 Å². The third-order valence-corrected chi connectivity index (χ3v) is 4.31. The number of benzene rings is 3. The molecule has 0 amide bonds. The molecule has 0 atom stereocenters. The largest absolute Gasteiger partial charge is 0.473 e. The summed E-state index contributed by atoms with van der Waals surface area (Å²) in [5.41, 5.74) is 4.15. The van der Waals surface area contributed by atoms with Crippen molar-refractivity contribution in [3.63, 3.8) is 0 Å². The molecule has 3 nitrogen and oxygen atoms in total. The summed E-state index contributed by atoms with van der Waals surface area (Å²) < 4.78 is 11.9. The van der Waals surface area contributed by atoms with E-state index < -0.39 is 0 Å². The van der Waals surface area contributed by atoms with Crippen molar-refractivity contribution in [2.75, 3.05) is 0 Å². The van der Waals surface area contributed by atoms with Gasteiger partial charge in [0, 0.05) is 44.3 Å². The Bertz CT molecular complexity index is 1010. The first-order valence-corrected chi connectivity index (χ1v) is 9.19. The standard InChI is InChI=1S/C25H20NO2.Y/c1-4-10-20(11-5-1)18-27-24-17-16-23(22-14-8-3-9-15-22)25(26-24)28-19-21-12-6-2-7-13-21;/h1-2,4-17H,18-19H2;/q-1;. The molecular weight excluding hydrogens is 435 g/mol. The summed E-state index contributed by atoms with van der Waals surface area (Å²) in [6, 6.07) is 34.8. The smallest absolute Gasteiger partial charge is 0.222 e. The van der Waals surface area contributed by atoms with Gasteiger partial charge in [-0.15, -0.1) is 5.56 Å². The van der Waals surface area contributed by atoms with Crippen LogP contribution in [-0.2, 0) is 45.9 Å². The molecule has 4 aromatic rings. The van der Waals surface area contributed by atoms with Crippen molar-refractivity contribution in [2.45, 2.75) is 13.2 Å². The fourth-order valence-corrected chi connectivity index (χ4v) is 2.86. The zero-order valence-corrected chi connectivity index (χ0v) is 18.8. The van der Waals surface area contributed by atoms with Gasteiger partial charge in [-0.2, -0.15) is 35.3 Å². The van der Waals surface area contributed by atoms with Crippen molar-refractivity contribution >= 4 is 0 Å². The molecule has 0 unspecified atom stereocenters. The number of ether oxygens (including phenoxy) is 2. The molecule has 1 heterocycles. The number of hydrogen-bond donors (Lipinski definition) is 0. The average Bonchev–Trinajstić information content (AvgIpc) is 2.78. The number of hydrogen-bond acceptors (Lipinski definition) is 3. The zero-order chi connectivity index (χ0) is 19.0. The molecule has 4 heteroatoms. The molecule has 3 aromatic carbocycles. The Hall–Kier alpha value is -2.49. The molecule has 0 aliphatic rings. The van der Waals surface area contributed by atoms with Gasteiger partial charge in [0.15, 0.2) is 0 Å². The molecule has 0 saturated heterocycles. The van der Waals surface area contributed by atoms with Gasteiger partial charge in [0.25, 0.3) is 0 Å². The Morgan fingerprint density at radius 3 is 1.86 bits per heavy atom. The third kappa shape index (κ3) is 5.99. The number of nitrogens with zero attached hydrogens (tertiary/aromatic N) is 1. The first-order chi connectivity index (χ1) is 13.9. The minimum Gasteiger partial charge on any atom is -0.473 e. The second-order valence-corrected chi connectivity index (χ2v) is 6.34. The van der Waals surface area contributed by atoms with Crippen molar-refractivity contribution < 1.29 is 42.2 Å². The van der Waals surface area contributed by atoms with Gasteiger partial charge in [0.1, 0.15) is 13.2 Å². The fraction of sp³-hybridized carbons (Fsp3) is 0.0800. The maximum atomic E-state index is 6.07. The van der Waals surface area contributed by atoms with Crippen LogP contribution in [-0.4, -0.2) is 4.98 Å². The molecule has 0 bridgehead atoms. The van der Waals surface area contributed by atoms with Crippen LogP contribution >= 0.6 is 0 Å². The van der Waals surface area contributed by atoms with E-state index >= 15 is 0 Å². The van der Waals surface area contributed by atoms with E-state index in [1.54, 1.807) is 0 Å². The predicted octanol–water partition coefficient (Wildman–Crippen LogP) is 5.70. The summed E-state index contributed by atoms with van der Waals surface area (Å²) in [7, 11) is 0. The second-order valence-electron chi connectivity index (χ2n) is 6.34. The maximum Gasteiger partial charge on any atom is 0.222 e. The van der Waals surface area contributed by atoms with Crippen molar-refractivity contribution in [3.8, 4) is 22.9 Å². The summed E-state index contributed by atoms with van der Waals surface area (Å²) >= 11 is 0. The Balaban J connectivity index is 0.00000240. The van der Waals surface area contributed by atoms with Crippen molar-refractivity contribution in [1.29, 1.82) is 0 Å². The summed E-state index contributed by atoms with van der Waals surface area (Å²) in [6.45, 7) is 0.910. The zero-order valence-electron chi connectivity index (χ0n) is 16.0. The second kappa shape index (κ2) is 10.9. The van der Waals surface area contributed by atoms with Crippen molar-refractivity contribution in [1.82, 2.24) is 4.98 Å². The summed E-state index contributed by atoms with van der Waals surface area (Å²) in [5.74, 6) is 1.10. The van der Waals surface area contributed by atoms with Crippen molar-refractivity contribution in [2.24, 2.45) is 0 Å². The molecule has 1 aromatic heterocycles. The maximum absolute atomic E-state index is 6.07. The molecule has 0 spiro atoms. The molecule has 1 radical (unpaired) electrons. The van der Waals surface area contributed by atoms with Gasteiger partial charge in [-0.3, -0.25) is 0 Å². The van der Waals surface area contributed by atoms with Crippen LogP contribution in [0.25, 0.3) is 11.1 Å². The summed E-state index contributed by atoms with van der Waals surface area (Å²) in [6.07, 6.45) is 0. The van der Waals surface area contributed by atoms with Gasteiger partial charge < -0.3 is 9.47 Å². The first-order valence-electron chi connectivity index (χ1n) is 9.19. The SMILES string of the molecule is [Y].[c-]1ccc(-c2ccc(OCc3ccccc3)nc2OCc2ccccc2)cc1. The van der Waals surface area contributed by atoms with Crippen molar-refractivity contribution in [3.05, 3.63) is 114 Å². The van der Waals surface area contributed by atoms with E-state index in [1.807, 2.05) is 97.1 Å². The van der Waals surface area contributed by atoms with Gasteiger partial charge in [-0.25, -0.2) is 0 Å². The van der Waals surface area contributed by atoms with Crippen LogP contribution in [0.1, 0.15) is 11.1 Å². The topological polar surface area (TPSA) is 31.4 Å². The Kier molecular flexibility index (Phi) is 7.98. The van der Waals surface area contributed by atoms with Crippen LogP contribution in [0.2, 0.25) is 0 Å². The van der Waals surface area contributed by atoms with E-state index in [1.165, 1.54) is 0 Å². The molecular formula is C25H20NO2Y-. The van der Waals surface area contributed by atoms with Gasteiger partial charge in [0.05, 0.1) is 0 Å². The van der Waals surface area contributed by atoms with E-state index in [4.69, 9.17) is 9.47 Å². The molecule has 29 heavy (non-hydrogen) atoms. The molecule has 0 aliphatic carbocycles. The minimum absolute atomic E-state index is 0. The number of rotatable bonds is 7. The third-order valence-electron chi connectivity index (χ3n) is 4.31. The minimum atomic E-state index is 0. The molecule has 141 valence electrons. The van der Waals surface area contributed by atoms with E-state index in [0.29, 0.717) is 25.0 Å². The molecule has 0 fully saturated rings. The van der Waals surface area contributed by atoms with E-state index in [2.05, 4.69) is 11.1 Å². The number of pyridine rings is 1. The predicted molar refractivity (Wildman–Crippen MR) is 110 cm³/mol. The van der Waals surface area contributed by atoms with E-state index in [0.717, 1.165) is 22.3 Å². The summed E-state index contributed by atoms with van der Waals surface area (Å²) in [5, 5.41) is 0. The van der Waals surface area contributed by atoms with Gasteiger partial charge >= 0.3 is 0 Å². The Morgan fingerprint density at radius 1 is 0.655 bits per heavy atom. The van der Waals surface area contributed by atoms with Crippen LogP contribution < -0.4 is 9.47 Å².